The number of likely N-dealkylation sites (tertiary alicyclic amines) is 1. The molecule has 6 heteroatoms. The van der Waals surface area contributed by atoms with Crippen molar-refractivity contribution in [3.05, 3.63) is 63.9 Å². The predicted molar refractivity (Wildman–Crippen MR) is 100 cm³/mol. The van der Waals surface area contributed by atoms with Crippen molar-refractivity contribution in [2.45, 2.75) is 18.8 Å². The van der Waals surface area contributed by atoms with E-state index in [2.05, 4.69) is 4.98 Å². The minimum absolute atomic E-state index is 0.0209. The summed E-state index contributed by atoms with van der Waals surface area (Å²) in [4.78, 5) is 22.6. The first-order valence-corrected chi connectivity index (χ1v) is 9.06. The second-order valence-corrected chi connectivity index (χ2v) is 7.24. The quantitative estimate of drug-likeness (QED) is 0.694. The van der Waals surface area contributed by atoms with Crippen molar-refractivity contribution >= 4 is 40.1 Å². The molecule has 1 aromatic heterocycles. The smallest absolute Gasteiger partial charge is 0.253 e. The van der Waals surface area contributed by atoms with Crippen LogP contribution in [0.25, 0.3) is 11.0 Å². The Morgan fingerprint density at radius 1 is 1.08 bits per heavy atom. The topological polar surface area (TPSA) is 49.0 Å². The molecule has 1 saturated heterocycles. The highest BCUT2D eigenvalue weighted by atomic mass is 35.5. The SMILES string of the molecule is O=C(c1cc(Cl)cc(Cl)c1)N1CCC(c2nc3ccccc3[nH]2)CC1. The Kier molecular flexibility index (Phi) is 4.40. The number of hydrogen-bond acceptors (Lipinski definition) is 2. The standard InChI is InChI=1S/C19H17Cl2N3O/c20-14-9-13(10-15(21)11-14)19(25)24-7-5-12(6-8-24)18-22-16-3-1-2-4-17(16)23-18/h1-4,9-12H,5-8H2,(H,22,23). The van der Waals surface area contributed by atoms with Crippen molar-refractivity contribution in [2.75, 3.05) is 13.1 Å². The summed E-state index contributed by atoms with van der Waals surface area (Å²) >= 11 is 12.0. The molecule has 0 bridgehead atoms. The van der Waals surface area contributed by atoms with Crippen LogP contribution in [-0.4, -0.2) is 33.9 Å². The number of nitrogens with zero attached hydrogens (tertiary/aromatic N) is 2. The Labute approximate surface area is 155 Å². The minimum atomic E-state index is -0.0209. The lowest BCUT2D eigenvalue weighted by Gasteiger charge is -2.31. The molecule has 1 amide bonds. The maximum Gasteiger partial charge on any atom is 0.253 e. The zero-order chi connectivity index (χ0) is 17.4. The fourth-order valence-electron chi connectivity index (χ4n) is 3.38. The number of aromatic amines is 1. The van der Waals surface area contributed by atoms with Gasteiger partial charge < -0.3 is 9.88 Å². The molecule has 3 aromatic rings. The maximum atomic E-state index is 12.7. The summed E-state index contributed by atoms with van der Waals surface area (Å²) < 4.78 is 0. The molecule has 128 valence electrons. The normalized spacial score (nSPS) is 15.7. The van der Waals surface area contributed by atoms with Gasteiger partial charge >= 0.3 is 0 Å². The van der Waals surface area contributed by atoms with Crippen LogP contribution in [0.5, 0.6) is 0 Å². The van der Waals surface area contributed by atoms with Crippen LogP contribution in [0.1, 0.15) is 34.9 Å². The molecule has 4 rings (SSSR count). The summed E-state index contributed by atoms with van der Waals surface area (Å²) in [6, 6.07) is 13.0. The first-order chi connectivity index (χ1) is 12.1. The van der Waals surface area contributed by atoms with E-state index in [0.717, 1.165) is 29.7 Å². The number of imidazole rings is 1. The molecule has 4 nitrogen and oxygen atoms in total. The summed E-state index contributed by atoms with van der Waals surface area (Å²) in [5.74, 6) is 1.34. The Morgan fingerprint density at radius 2 is 1.76 bits per heavy atom. The number of H-pyrrole nitrogens is 1. The first kappa shape index (κ1) is 16.4. The van der Waals surface area contributed by atoms with Gasteiger partial charge in [0.25, 0.3) is 5.91 Å². The summed E-state index contributed by atoms with van der Waals surface area (Å²) in [6.45, 7) is 1.40. The predicted octanol–water partition coefficient (Wildman–Crippen LogP) is 4.89. The van der Waals surface area contributed by atoms with Crippen molar-refractivity contribution in [3.63, 3.8) is 0 Å². The lowest BCUT2D eigenvalue weighted by Crippen LogP contribution is -2.38. The third-order valence-corrected chi connectivity index (χ3v) is 5.12. The summed E-state index contributed by atoms with van der Waals surface area (Å²) in [6.07, 6.45) is 1.78. The van der Waals surface area contributed by atoms with Crippen molar-refractivity contribution in [3.8, 4) is 0 Å². The fourth-order valence-corrected chi connectivity index (χ4v) is 3.91. The Bertz CT molecular complexity index is 876. The number of piperidine rings is 1. The Morgan fingerprint density at radius 3 is 2.44 bits per heavy atom. The molecule has 0 aliphatic carbocycles. The average Bonchev–Trinajstić information content (AvgIpc) is 3.04. The molecule has 0 saturated carbocycles. The number of fused-ring (bicyclic) bond motifs is 1. The number of aromatic nitrogens is 2. The number of amides is 1. The minimum Gasteiger partial charge on any atom is -0.342 e. The van der Waals surface area contributed by atoms with Gasteiger partial charge in [-0.2, -0.15) is 0 Å². The molecule has 1 N–H and O–H groups in total. The number of para-hydroxylation sites is 2. The van der Waals surface area contributed by atoms with Gasteiger partial charge in [0.2, 0.25) is 0 Å². The van der Waals surface area contributed by atoms with Crippen LogP contribution in [0, 0.1) is 0 Å². The van der Waals surface area contributed by atoms with Gasteiger partial charge in [-0.15, -0.1) is 0 Å². The van der Waals surface area contributed by atoms with Crippen molar-refractivity contribution < 1.29 is 4.79 Å². The van der Waals surface area contributed by atoms with Crippen LogP contribution in [0.4, 0.5) is 0 Å². The van der Waals surface area contributed by atoms with Crippen molar-refractivity contribution in [1.82, 2.24) is 14.9 Å². The van der Waals surface area contributed by atoms with E-state index >= 15 is 0 Å². The summed E-state index contributed by atoms with van der Waals surface area (Å²) in [5.41, 5.74) is 2.59. The van der Waals surface area contributed by atoms with Gasteiger partial charge in [0.1, 0.15) is 5.82 Å². The molecule has 1 aliphatic heterocycles. The molecule has 1 aliphatic rings. The molecule has 0 spiro atoms. The number of carbonyl (C=O) groups excluding carboxylic acids is 1. The van der Waals surface area contributed by atoms with Crippen LogP contribution in [-0.2, 0) is 0 Å². The monoisotopic (exact) mass is 373 g/mol. The van der Waals surface area contributed by atoms with Crippen molar-refractivity contribution in [2.24, 2.45) is 0 Å². The van der Waals surface area contributed by atoms with Gasteiger partial charge in [-0.1, -0.05) is 35.3 Å². The van der Waals surface area contributed by atoms with Crippen LogP contribution in [0.3, 0.4) is 0 Å². The number of nitrogens with one attached hydrogen (secondary N) is 1. The van der Waals surface area contributed by atoms with Gasteiger partial charge in [-0.3, -0.25) is 4.79 Å². The molecular weight excluding hydrogens is 357 g/mol. The molecule has 0 radical (unpaired) electrons. The first-order valence-electron chi connectivity index (χ1n) is 8.30. The Balaban J connectivity index is 1.46. The highest BCUT2D eigenvalue weighted by molar-refractivity contribution is 6.35. The molecule has 0 unspecified atom stereocenters. The van der Waals surface area contributed by atoms with Gasteiger partial charge in [0, 0.05) is 34.6 Å². The third kappa shape index (κ3) is 3.37. The molecule has 2 heterocycles. The average molecular weight is 374 g/mol. The molecular formula is C19H17Cl2N3O. The largest absolute Gasteiger partial charge is 0.342 e. The number of benzene rings is 2. The van der Waals surface area contributed by atoms with Gasteiger partial charge in [0.15, 0.2) is 0 Å². The van der Waals surface area contributed by atoms with E-state index in [4.69, 9.17) is 28.2 Å². The van der Waals surface area contributed by atoms with Crippen LogP contribution in [0.2, 0.25) is 10.0 Å². The molecule has 25 heavy (non-hydrogen) atoms. The van der Waals surface area contributed by atoms with Crippen LogP contribution in [0.15, 0.2) is 42.5 Å². The lowest BCUT2D eigenvalue weighted by atomic mass is 9.95. The highest BCUT2D eigenvalue weighted by Crippen LogP contribution is 2.29. The van der Waals surface area contributed by atoms with Gasteiger partial charge in [0.05, 0.1) is 11.0 Å². The third-order valence-electron chi connectivity index (χ3n) is 4.69. The van der Waals surface area contributed by atoms with E-state index in [-0.39, 0.29) is 5.91 Å². The molecule has 1 fully saturated rings. The molecule has 2 aromatic carbocycles. The number of hydrogen-bond donors (Lipinski definition) is 1. The van der Waals surface area contributed by atoms with Crippen LogP contribution < -0.4 is 0 Å². The lowest BCUT2D eigenvalue weighted by molar-refractivity contribution is 0.0711. The number of carbonyl (C=O) groups is 1. The second-order valence-electron chi connectivity index (χ2n) is 6.36. The van der Waals surface area contributed by atoms with E-state index in [1.54, 1.807) is 18.2 Å². The Hall–Kier alpha value is -2.04. The zero-order valence-electron chi connectivity index (χ0n) is 13.5. The van der Waals surface area contributed by atoms with E-state index in [0.29, 0.717) is 34.6 Å². The van der Waals surface area contributed by atoms with E-state index in [9.17, 15) is 4.79 Å². The highest BCUT2D eigenvalue weighted by Gasteiger charge is 2.26. The zero-order valence-corrected chi connectivity index (χ0v) is 15.0. The maximum absolute atomic E-state index is 12.7. The number of rotatable bonds is 2. The summed E-state index contributed by atoms with van der Waals surface area (Å²) in [7, 11) is 0. The van der Waals surface area contributed by atoms with Crippen LogP contribution >= 0.6 is 23.2 Å². The molecule has 0 atom stereocenters. The fraction of sp³-hybridized carbons (Fsp3) is 0.263. The second kappa shape index (κ2) is 6.70. The van der Waals surface area contributed by atoms with E-state index in [1.165, 1.54) is 0 Å². The van der Waals surface area contributed by atoms with E-state index < -0.39 is 0 Å². The number of halogens is 2. The van der Waals surface area contributed by atoms with Crippen molar-refractivity contribution in [1.29, 1.82) is 0 Å². The van der Waals surface area contributed by atoms with Gasteiger partial charge in [-0.05, 0) is 43.2 Å². The van der Waals surface area contributed by atoms with Gasteiger partial charge in [-0.25, -0.2) is 4.98 Å². The summed E-state index contributed by atoms with van der Waals surface area (Å²) in [5, 5.41) is 0.959. The van der Waals surface area contributed by atoms with E-state index in [1.807, 2.05) is 29.2 Å².